The number of likely N-dealkylation sites (N-methyl/N-ethyl adjacent to an activating group) is 1. The van der Waals surface area contributed by atoms with Gasteiger partial charge in [0.2, 0.25) is 0 Å². The van der Waals surface area contributed by atoms with Gasteiger partial charge in [-0.25, -0.2) is 0 Å². The van der Waals surface area contributed by atoms with Gasteiger partial charge in [-0.1, -0.05) is 25.1 Å². The second-order valence-electron chi connectivity index (χ2n) is 9.07. The molecule has 35 heavy (non-hydrogen) atoms. The molecule has 5 rings (SSSR count). The van der Waals surface area contributed by atoms with Crippen LogP contribution in [0.1, 0.15) is 37.3 Å². The first-order valence-corrected chi connectivity index (χ1v) is 11.9. The van der Waals surface area contributed by atoms with Gasteiger partial charge in [0.15, 0.2) is 5.54 Å². The lowest BCUT2D eigenvalue weighted by atomic mass is 9.81. The molecule has 2 atom stereocenters. The van der Waals surface area contributed by atoms with E-state index < -0.39 is 28.9 Å². The number of fused-ring (bicyclic) bond motifs is 2. The van der Waals surface area contributed by atoms with Gasteiger partial charge in [-0.2, -0.15) is 0 Å². The van der Waals surface area contributed by atoms with Gasteiger partial charge in [-0.3, -0.25) is 14.4 Å². The maximum absolute atomic E-state index is 14.0. The summed E-state index contributed by atoms with van der Waals surface area (Å²) >= 11 is 0. The topological polar surface area (TPSA) is 96.4 Å². The number of anilines is 1. The van der Waals surface area contributed by atoms with Crippen LogP contribution in [0.5, 0.6) is 5.75 Å². The fraction of sp³-hybridized carbons (Fsp3) is 0.370. The number of aliphatic hydroxyl groups is 1. The van der Waals surface area contributed by atoms with E-state index in [0.29, 0.717) is 35.8 Å². The lowest BCUT2D eigenvalue weighted by molar-refractivity contribution is -0.145. The van der Waals surface area contributed by atoms with Crippen LogP contribution < -0.4 is 9.64 Å². The highest BCUT2D eigenvalue weighted by atomic mass is 16.5. The van der Waals surface area contributed by atoms with E-state index in [1.807, 2.05) is 6.92 Å². The zero-order chi connectivity index (χ0) is 24.7. The molecule has 0 bridgehead atoms. The monoisotopic (exact) mass is 476 g/mol. The Hall–Kier alpha value is -3.65. The van der Waals surface area contributed by atoms with Crippen LogP contribution in [-0.2, 0) is 24.7 Å². The van der Waals surface area contributed by atoms with E-state index in [0.717, 1.165) is 19.3 Å². The Kier molecular flexibility index (Phi) is 5.84. The molecule has 3 aliphatic rings. The number of benzene rings is 2. The van der Waals surface area contributed by atoms with Gasteiger partial charge < -0.3 is 24.4 Å². The second kappa shape index (κ2) is 8.85. The Morgan fingerprint density at radius 1 is 1.14 bits per heavy atom. The van der Waals surface area contributed by atoms with Crippen molar-refractivity contribution >= 4 is 29.0 Å². The number of ketones is 1. The molecule has 3 heterocycles. The third-order valence-corrected chi connectivity index (χ3v) is 6.95. The minimum absolute atomic E-state index is 0.0824. The van der Waals surface area contributed by atoms with Gasteiger partial charge in [0, 0.05) is 37.0 Å². The number of rotatable bonds is 6. The summed E-state index contributed by atoms with van der Waals surface area (Å²) in [4.78, 5) is 43.6. The molecule has 3 aliphatic heterocycles. The number of para-hydroxylation sites is 1. The number of aliphatic hydroxyl groups excluding tert-OH is 1. The quantitative estimate of drug-likeness (QED) is 0.391. The van der Waals surface area contributed by atoms with E-state index in [9.17, 15) is 19.5 Å². The van der Waals surface area contributed by atoms with Crippen molar-refractivity contribution in [1.29, 1.82) is 0 Å². The molecule has 2 fully saturated rings. The first-order valence-electron chi connectivity index (χ1n) is 11.9. The molecule has 2 amide bonds. The smallest absolute Gasteiger partial charge is 0.296 e. The maximum atomic E-state index is 14.0. The predicted molar refractivity (Wildman–Crippen MR) is 129 cm³/mol. The number of nitrogens with zero attached hydrogens (tertiary/aromatic N) is 2. The number of amides is 2. The fourth-order valence-electron chi connectivity index (χ4n) is 5.29. The van der Waals surface area contributed by atoms with Gasteiger partial charge >= 0.3 is 0 Å². The minimum atomic E-state index is -1.76. The summed E-state index contributed by atoms with van der Waals surface area (Å²) in [6, 6.07) is 13.7. The molecule has 2 saturated heterocycles. The highest BCUT2D eigenvalue weighted by molar-refractivity contribution is 6.50. The van der Waals surface area contributed by atoms with Crippen LogP contribution in [0.4, 0.5) is 5.69 Å². The Balaban J connectivity index is 1.69. The Morgan fingerprint density at radius 2 is 1.89 bits per heavy atom. The van der Waals surface area contributed by atoms with Gasteiger partial charge in [-0.15, -0.1) is 0 Å². The third kappa shape index (κ3) is 3.43. The molecule has 0 radical (unpaired) electrons. The molecule has 2 unspecified atom stereocenters. The molecule has 0 saturated carbocycles. The number of carbonyl (C=O) groups excluding carboxylic acids is 3. The number of carbonyl (C=O) groups is 3. The number of hydrogen-bond acceptors (Lipinski definition) is 6. The largest absolute Gasteiger partial charge is 0.507 e. The van der Waals surface area contributed by atoms with Crippen molar-refractivity contribution in [1.82, 2.24) is 4.90 Å². The SMILES string of the molecule is CCCOc1ccc(/C(O)=C2\C(=O)C(=O)N(CC3CCCO3)C23C(=O)N(C)c2ccccc23)cc1. The summed E-state index contributed by atoms with van der Waals surface area (Å²) in [5, 5.41) is 11.4. The van der Waals surface area contributed by atoms with Gasteiger partial charge in [-0.05, 0) is 49.6 Å². The summed E-state index contributed by atoms with van der Waals surface area (Å²) in [5.41, 5.74) is -0.569. The Bertz CT molecular complexity index is 1210. The minimum Gasteiger partial charge on any atom is -0.507 e. The summed E-state index contributed by atoms with van der Waals surface area (Å²) < 4.78 is 11.4. The maximum Gasteiger partial charge on any atom is 0.296 e. The van der Waals surface area contributed by atoms with E-state index in [4.69, 9.17) is 9.47 Å². The number of ether oxygens (including phenoxy) is 2. The van der Waals surface area contributed by atoms with Crippen molar-refractivity contribution in [3.8, 4) is 5.75 Å². The lowest BCUT2D eigenvalue weighted by Gasteiger charge is -2.35. The predicted octanol–water partition coefficient (Wildman–Crippen LogP) is 3.21. The van der Waals surface area contributed by atoms with Crippen LogP contribution in [0, 0.1) is 0 Å². The molecule has 1 spiro atoms. The molecule has 2 aromatic carbocycles. The van der Waals surface area contributed by atoms with Gasteiger partial charge in [0.25, 0.3) is 17.6 Å². The summed E-state index contributed by atoms with van der Waals surface area (Å²) in [5.74, 6) is -1.92. The van der Waals surface area contributed by atoms with Crippen molar-refractivity contribution < 1.29 is 29.0 Å². The van der Waals surface area contributed by atoms with Crippen molar-refractivity contribution in [3.63, 3.8) is 0 Å². The second-order valence-corrected chi connectivity index (χ2v) is 9.07. The average Bonchev–Trinajstić information content (AvgIpc) is 3.53. The van der Waals surface area contributed by atoms with Crippen molar-refractivity contribution in [3.05, 3.63) is 65.2 Å². The van der Waals surface area contributed by atoms with Crippen molar-refractivity contribution in [2.75, 3.05) is 31.7 Å². The van der Waals surface area contributed by atoms with E-state index in [1.54, 1.807) is 55.6 Å². The zero-order valence-electron chi connectivity index (χ0n) is 19.8. The standard InChI is InChI=1S/C27H28N2O6/c1-3-14-34-18-12-10-17(11-13-18)23(30)22-24(31)25(32)29(16-19-7-6-15-35-19)27(22)20-8-4-5-9-21(20)28(2)26(27)33/h4-5,8-13,19,30H,3,6-7,14-16H2,1-2H3/b23-22-. The molecule has 2 aromatic rings. The fourth-order valence-corrected chi connectivity index (χ4v) is 5.29. The van der Waals surface area contributed by atoms with Gasteiger partial charge in [0.1, 0.15) is 11.5 Å². The van der Waals surface area contributed by atoms with Crippen LogP contribution in [0.25, 0.3) is 5.76 Å². The summed E-state index contributed by atoms with van der Waals surface area (Å²) in [6.07, 6.45) is 2.14. The van der Waals surface area contributed by atoms with Crippen LogP contribution in [-0.4, -0.2) is 60.5 Å². The highest BCUT2D eigenvalue weighted by Crippen LogP contribution is 2.53. The Labute approximate surface area is 203 Å². The molecular formula is C27H28N2O6. The molecule has 0 aromatic heterocycles. The van der Waals surface area contributed by atoms with Crippen LogP contribution in [0.3, 0.4) is 0 Å². The molecule has 0 aliphatic carbocycles. The molecule has 8 heteroatoms. The summed E-state index contributed by atoms with van der Waals surface area (Å²) in [6.45, 7) is 3.21. The van der Waals surface area contributed by atoms with E-state index in [2.05, 4.69) is 0 Å². The third-order valence-electron chi connectivity index (χ3n) is 6.95. The summed E-state index contributed by atoms with van der Waals surface area (Å²) in [7, 11) is 1.61. The van der Waals surface area contributed by atoms with Gasteiger partial charge in [0.05, 0.1) is 18.3 Å². The number of hydrogen-bond donors (Lipinski definition) is 1. The van der Waals surface area contributed by atoms with E-state index >= 15 is 0 Å². The normalized spacial score (nSPS) is 25.1. The first kappa shape index (κ1) is 23.1. The highest BCUT2D eigenvalue weighted by Gasteiger charge is 2.66. The average molecular weight is 477 g/mol. The van der Waals surface area contributed by atoms with Crippen LogP contribution in [0.2, 0.25) is 0 Å². The van der Waals surface area contributed by atoms with Crippen LogP contribution in [0.15, 0.2) is 54.1 Å². The number of Topliss-reactive ketones (excluding diaryl/α,β-unsaturated/α-hetero) is 1. The molecular weight excluding hydrogens is 448 g/mol. The molecule has 8 nitrogen and oxygen atoms in total. The molecule has 182 valence electrons. The van der Waals surface area contributed by atoms with Crippen molar-refractivity contribution in [2.24, 2.45) is 0 Å². The lowest BCUT2D eigenvalue weighted by Crippen LogP contribution is -2.53. The number of likely N-dealkylation sites (tertiary alicyclic amines) is 1. The Morgan fingerprint density at radius 3 is 2.57 bits per heavy atom. The van der Waals surface area contributed by atoms with Crippen molar-refractivity contribution in [2.45, 2.75) is 37.8 Å². The van der Waals surface area contributed by atoms with E-state index in [-0.39, 0.29) is 18.2 Å². The van der Waals surface area contributed by atoms with Crippen LogP contribution >= 0.6 is 0 Å². The first-order chi connectivity index (χ1) is 16.9. The zero-order valence-corrected chi connectivity index (χ0v) is 19.8. The van der Waals surface area contributed by atoms with E-state index in [1.165, 1.54) is 9.80 Å². The molecule has 1 N–H and O–H groups in total.